The molecule has 7 heteroatoms. The minimum absolute atomic E-state index is 0.00731. The van der Waals surface area contributed by atoms with Crippen LogP contribution in [0, 0.1) is 6.92 Å². The van der Waals surface area contributed by atoms with Crippen LogP contribution >= 0.6 is 0 Å². The number of pyridine rings is 1. The number of aromatic nitrogens is 1. The number of aliphatic hydroxyl groups is 1. The number of likely N-dealkylation sites (tertiary alicyclic amines) is 1. The van der Waals surface area contributed by atoms with Crippen molar-refractivity contribution in [1.82, 2.24) is 9.88 Å². The van der Waals surface area contributed by atoms with Gasteiger partial charge in [-0.3, -0.25) is 14.6 Å². The van der Waals surface area contributed by atoms with Gasteiger partial charge in [-0.05, 0) is 72.1 Å². The molecule has 1 aromatic heterocycles. The van der Waals surface area contributed by atoms with Crippen LogP contribution in [0.2, 0.25) is 0 Å². The Bertz CT molecular complexity index is 1510. The molecule has 4 aromatic rings. The lowest BCUT2D eigenvalue weighted by Gasteiger charge is -2.25. The van der Waals surface area contributed by atoms with Crippen molar-refractivity contribution >= 4 is 17.4 Å². The van der Waals surface area contributed by atoms with Gasteiger partial charge in [0.15, 0.2) is 0 Å². The van der Waals surface area contributed by atoms with Crippen LogP contribution in [0.15, 0.2) is 103 Å². The van der Waals surface area contributed by atoms with Gasteiger partial charge in [-0.2, -0.15) is 0 Å². The number of carbonyl (C=O) groups is 2. The average molecular weight is 507 g/mol. The Balaban J connectivity index is 1.47. The van der Waals surface area contributed by atoms with Gasteiger partial charge in [0, 0.05) is 24.5 Å². The molecule has 1 amide bonds. The van der Waals surface area contributed by atoms with Crippen LogP contribution in [-0.4, -0.2) is 31.8 Å². The maximum Gasteiger partial charge on any atom is 0.295 e. The van der Waals surface area contributed by atoms with Crippen molar-refractivity contribution in [2.24, 2.45) is 0 Å². The normalized spacial score (nSPS) is 16.6. The number of aromatic hydroxyl groups is 1. The van der Waals surface area contributed by atoms with Crippen LogP contribution in [0.25, 0.3) is 5.76 Å². The Hall–Kier alpha value is -4.91. The minimum atomic E-state index is -0.882. The summed E-state index contributed by atoms with van der Waals surface area (Å²) >= 11 is 0. The van der Waals surface area contributed by atoms with Gasteiger partial charge in [0.05, 0.1) is 11.6 Å². The van der Waals surface area contributed by atoms with Gasteiger partial charge in [0.1, 0.15) is 23.9 Å². The highest BCUT2D eigenvalue weighted by atomic mass is 16.5. The number of benzene rings is 3. The Morgan fingerprint density at radius 2 is 1.66 bits per heavy atom. The number of rotatable bonds is 7. The van der Waals surface area contributed by atoms with Crippen molar-refractivity contribution in [3.8, 4) is 11.5 Å². The zero-order valence-electron chi connectivity index (χ0n) is 20.7. The third-order valence-corrected chi connectivity index (χ3v) is 6.44. The molecule has 2 N–H and O–H groups in total. The molecule has 0 aliphatic carbocycles. The molecule has 0 bridgehead atoms. The first kappa shape index (κ1) is 24.8. The van der Waals surface area contributed by atoms with Crippen LogP contribution in [0.4, 0.5) is 0 Å². The van der Waals surface area contributed by atoms with E-state index in [9.17, 15) is 19.8 Å². The van der Waals surface area contributed by atoms with E-state index in [1.165, 1.54) is 17.0 Å². The summed E-state index contributed by atoms with van der Waals surface area (Å²) in [6, 6.07) is 23.7. The quantitative estimate of drug-likeness (QED) is 0.201. The lowest BCUT2D eigenvalue weighted by Crippen LogP contribution is -2.29. The summed E-state index contributed by atoms with van der Waals surface area (Å²) in [6.07, 6.45) is 3.22. The molecule has 0 saturated carbocycles. The number of nitrogens with zero attached hydrogens (tertiary/aromatic N) is 2. The van der Waals surface area contributed by atoms with Crippen molar-refractivity contribution in [3.63, 3.8) is 0 Å². The number of Topliss-reactive ketones (excluding diaryl/α,β-unsaturated/α-hetero) is 1. The van der Waals surface area contributed by atoms with E-state index in [0.717, 1.165) is 16.7 Å². The highest BCUT2D eigenvalue weighted by Crippen LogP contribution is 2.41. The lowest BCUT2D eigenvalue weighted by atomic mass is 9.95. The van der Waals surface area contributed by atoms with Crippen molar-refractivity contribution < 1.29 is 24.5 Å². The second-order valence-corrected chi connectivity index (χ2v) is 9.18. The summed E-state index contributed by atoms with van der Waals surface area (Å²) in [7, 11) is 0. The Kier molecular flexibility index (Phi) is 6.91. The molecule has 3 aromatic carbocycles. The van der Waals surface area contributed by atoms with Crippen LogP contribution < -0.4 is 4.74 Å². The van der Waals surface area contributed by atoms with E-state index in [0.29, 0.717) is 23.5 Å². The molecule has 0 radical (unpaired) electrons. The monoisotopic (exact) mass is 506 g/mol. The molecule has 0 unspecified atom stereocenters. The number of hydrogen-bond donors (Lipinski definition) is 2. The molecule has 1 atom stereocenters. The molecule has 0 spiro atoms. The third kappa shape index (κ3) is 5.13. The predicted octanol–water partition coefficient (Wildman–Crippen LogP) is 5.30. The highest BCUT2D eigenvalue weighted by Gasteiger charge is 2.46. The summed E-state index contributed by atoms with van der Waals surface area (Å²) < 4.78 is 5.87. The van der Waals surface area contributed by atoms with E-state index in [2.05, 4.69) is 4.98 Å². The van der Waals surface area contributed by atoms with Crippen molar-refractivity contribution in [2.75, 3.05) is 0 Å². The van der Waals surface area contributed by atoms with Gasteiger partial charge >= 0.3 is 0 Å². The molecule has 1 aliphatic heterocycles. The standard InChI is InChI=1S/C31H26N2O5/c1-20-4-2-5-22(16-20)19-38-26-10-8-23(9-11-26)29(35)27-28(24-6-3-7-25(34)17-24)33(31(37)30(27)36)18-21-12-14-32-15-13-21/h2-17,28,34-35H,18-19H2,1H3/t28-/m1/s1. The van der Waals surface area contributed by atoms with Crippen LogP contribution in [-0.2, 0) is 22.7 Å². The first-order valence-electron chi connectivity index (χ1n) is 12.2. The fourth-order valence-electron chi connectivity index (χ4n) is 4.60. The number of carbonyl (C=O) groups excluding carboxylic acids is 2. The first-order valence-corrected chi connectivity index (χ1v) is 12.2. The molecule has 1 fully saturated rings. The van der Waals surface area contributed by atoms with E-state index in [4.69, 9.17) is 4.74 Å². The number of hydrogen-bond acceptors (Lipinski definition) is 6. The summed E-state index contributed by atoms with van der Waals surface area (Å²) in [4.78, 5) is 31.8. The van der Waals surface area contributed by atoms with Crippen LogP contribution in [0.1, 0.15) is 33.9 Å². The van der Waals surface area contributed by atoms with E-state index in [-0.39, 0.29) is 23.6 Å². The smallest absolute Gasteiger partial charge is 0.295 e. The van der Waals surface area contributed by atoms with Crippen LogP contribution in [0.5, 0.6) is 11.5 Å². The van der Waals surface area contributed by atoms with E-state index < -0.39 is 17.7 Å². The number of phenolic OH excluding ortho intramolecular Hbond substituents is 1. The zero-order chi connectivity index (χ0) is 26.6. The first-order chi connectivity index (χ1) is 18.4. The SMILES string of the molecule is Cc1cccc(COc2ccc(C(O)=C3C(=O)C(=O)N(Cc4ccncc4)[C@@H]3c3cccc(O)c3)cc2)c1. The third-order valence-electron chi connectivity index (χ3n) is 6.44. The largest absolute Gasteiger partial charge is 0.508 e. The van der Waals surface area contributed by atoms with Gasteiger partial charge in [-0.25, -0.2) is 0 Å². The molecule has 38 heavy (non-hydrogen) atoms. The summed E-state index contributed by atoms with van der Waals surface area (Å²) in [5.74, 6) is -1.21. The number of amides is 1. The summed E-state index contributed by atoms with van der Waals surface area (Å²) in [5.41, 5.74) is 3.81. The summed E-state index contributed by atoms with van der Waals surface area (Å²) in [6.45, 7) is 2.55. The van der Waals surface area contributed by atoms with Gasteiger partial charge in [0.2, 0.25) is 0 Å². The molecular formula is C31H26N2O5. The number of phenols is 1. The molecule has 1 aliphatic rings. The molecule has 1 saturated heterocycles. The maximum atomic E-state index is 13.2. The van der Waals surface area contributed by atoms with Crippen molar-refractivity contribution in [3.05, 3.63) is 131 Å². The molecular weight excluding hydrogens is 480 g/mol. The molecule has 7 nitrogen and oxygen atoms in total. The molecule has 5 rings (SSSR count). The Morgan fingerprint density at radius 3 is 2.37 bits per heavy atom. The topological polar surface area (TPSA) is 100.0 Å². The maximum absolute atomic E-state index is 13.2. The van der Waals surface area contributed by atoms with Gasteiger partial charge in [0.25, 0.3) is 11.7 Å². The average Bonchev–Trinajstić information content (AvgIpc) is 3.17. The minimum Gasteiger partial charge on any atom is -0.508 e. The fraction of sp³-hybridized carbons (Fsp3) is 0.129. The molecule has 2 heterocycles. The number of aryl methyl sites for hydroxylation is 1. The fourth-order valence-corrected chi connectivity index (χ4v) is 4.60. The van der Waals surface area contributed by atoms with Gasteiger partial charge in [-0.1, -0.05) is 42.0 Å². The second kappa shape index (κ2) is 10.6. The van der Waals surface area contributed by atoms with E-state index in [1.807, 2.05) is 31.2 Å². The van der Waals surface area contributed by atoms with E-state index in [1.54, 1.807) is 60.9 Å². The highest BCUT2D eigenvalue weighted by molar-refractivity contribution is 6.46. The number of ketones is 1. The molecule has 190 valence electrons. The Morgan fingerprint density at radius 1 is 0.921 bits per heavy atom. The van der Waals surface area contributed by atoms with Crippen molar-refractivity contribution in [1.29, 1.82) is 0 Å². The second-order valence-electron chi connectivity index (χ2n) is 9.18. The Labute approximate surface area is 220 Å². The van der Waals surface area contributed by atoms with Gasteiger partial charge < -0.3 is 19.8 Å². The lowest BCUT2D eigenvalue weighted by molar-refractivity contribution is -0.140. The van der Waals surface area contributed by atoms with Crippen molar-refractivity contribution in [2.45, 2.75) is 26.1 Å². The van der Waals surface area contributed by atoms with Crippen LogP contribution in [0.3, 0.4) is 0 Å². The van der Waals surface area contributed by atoms with Gasteiger partial charge in [-0.15, -0.1) is 0 Å². The zero-order valence-corrected chi connectivity index (χ0v) is 20.7. The number of ether oxygens (including phenoxy) is 1. The number of aliphatic hydroxyl groups excluding tert-OH is 1. The predicted molar refractivity (Wildman–Crippen MR) is 142 cm³/mol. The summed E-state index contributed by atoms with van der Waals surface area (Å²) in [5, 5.41) is 21.4. The van der Waals surface area contributed by atoms with E-state index >= 15 is 0 Å².